The Morgan fingerprint density at radius 2 is 1.68 bits per heavy atom. The van der Waals surface area contributed by atoms with E-state index in [-0.39, 0.29) is 45.3 Å². The second kappa shape index (κ2) is 11.0. The zero-order valence-electron chi connectivity index (χ0n) is 24.6. The molecular weight excluding hydrogens is 643 g/mol. The van der Waals surface area contributed by atoms with E-state index in [1.807, 2.05) is 6.92 Å². The van der Waals surface area contributed by atoms with Crippen molar-refractivity contribution in [2.45, 2.75) is 29.1 Å². The zero-order chi connectivity index (χ0) is 32.4. The molecule has 4 heterocycles. The monoisotopic (exact) mass is 664 g/mol. The van der Waals surface area contributed by atoms with Gasteiger partial charge in [-0.2, -0.15) is 0 Å². The molecule has 0 saturated heterocycles. The van der Waals surface area contributed by atoms with Crippen molar-refractivity contribution < 1.29 is 22.8 Å². The first-order valence-electron chi connectivity index (χ1n) is 14.6. The normalized spacial score (nSPS) is 16.8. The molecule has 2 aliphatic rings. The summed E-state index contributed by atoms with van der Waals surface area (Å²) in [5.74, 6) is -1.99. The fourth-order valence-corrected chi connectivity index (χ4v) is 8.16. The Hall–Kier alpha value is -5.20. The van der Waals surface area contributed by atoms with Gasteiger partial charge in [0, 0.05) is 16.9 Å². The molecule has 0 saturated carbocycles. The van der Waals surface area contributed by atoms with Crippen molar-refractivity contribution in [3.63, 3.8) is 0 Å². The van der Waals surface area contributed by atoms with Gasteiger partial charge in [0.1, 0.15) is 17.2 Å². The van der Waals surface area contributed by atoms with Crippen molar-refractivity contribution in [3.05, 3.63) is 146 Å². The SMILES string of the molecule is Cc1ccc2oc3c(c(=O)c2c1)C1(C(=O)N(Cc2ccccc2F)c2ccccc21)N(c1nnc(SCc2ccc(F)cc2)s1)C3=O. The summed E-state index contributed by atoms with van der Waals surface area (Å²) < 4.78 is 35.0. The number of anilines is 2. The third-order valence-corrected chi connectivity index (χ3v) is 10.5. The highest BCUT2D eigenvalue weighted by atomic mass is 32.2. The van der Waals surface area contributed by atoms with E-state index in [2.05, 4.69) is 10.2 Å². The van der Waals surface area contributed by atoms with Crippen molar-refractivity contribution in [1.82, 2.24) is 10.2 Å². The van der Waals surface area contributed by atoms with E-state index in [1.165, 1.54) is 39.8 Å². The number of hydrogen-bond acceptors (Lipinski definition) is 8. The van der Waals surface area contributed by atoms with Gasteiger partial charge < -0.3 is 9.32 Å². The summed E-state index contributed by atoms with van der Waals surface area (Å²) in [4.78, 5) is 46.6. The maximum atomic E-state index is 15.0. The van der Waals surface area contributed by atoms with Gasteiger partial charge in [-0.1, -0.05) is 83.3 Å². The third kappa shape index (κ3) is 4.43. The van der Waals surface area contributed by atoms with E-state index in [0.717, 1.165) is 22.5 Å². The molecule has 0 aliphatic carbocycles. The predicted molar refractivity (Wildman–Crippen MR) is 175 cm³/mol. The molecule has 1 atom stereocenters. The second-order valence-corrected chi connectivity index (χ2v) is 13.4. The number of rotatable bonds is 6. The number of halogens is 2. The van der Waals surface area contributed by atoms with Crippen molar-refractivity contribution in [2.75, 3.05) is 9.80 Å². The van der Waals surface area contributed by atoms with Crippen molar-refractivity contribution in [1.29, 1.82) is 0 Å². The molecule has 0 bridgehead atoms. The van der Waals surface area contributed by atoms with Crippen molar-refractivity contribution >= 4 is 56.7 Å². The van der Waals surface area contributed by atoms with Crippen LogP contribution >= 0.6 is 23.1 Å². The summed E-state index contributed by atoms with van der Waals surface area (Å²) in [5, 5.41) is 8.94. The number of nitrogens with zero attached hydrogens (tertiary/aromatic N) is 4. The van der Waals surface area contributed by atoms with E-state index in [9.17, 15) is 18.4 Å². The molecule has 1 unspecified atom stereocenters. The van der Waals surface area contributed by atoms with Crippen molar-refractivity contribution in [3.8, 4) is 0 Å². The van der Waals surface area contributed by atoms with E-state index in [0.29, 0.717) is 21.3 Å². The van der Waals surface area contributed by atoms with Gasteiger partial charge in [0.15, 0.2) is 15.3 Å². The number of amides is 2. The van der Waals surface area contributed by atoms with Crippen LogP contribution < -0.4 is 15.2 Å². The molecule has 0 N–H and O–H groups in total. The Labute approximate surface area is 274 Å². The summed E-state index contributed by atoms with van der Waals surface area (Å²) in [7, 11) is 0. The van der Waals surface area contributed by atoms with E-state index < -0.39 is 28.6 Å². The van der Waals surface area contributed by atoms with Crippen molar-refractivity contribution in [2.24, 2.45) is 0 Å². The lowest BCUT2D eigenvalue weighted by Crippen LogP contribution is -2.53. The lowest BCUT2D eigenvalue weighted by molar-refractivity contribution is -0.121. The molecule has 0 fully saturated rings. The third-order valence-electron chi connectivity index (χ3n) is 8.43. The van der Waals surface area contributed by atoms with Gasteiger partial charge in [0.25, 0.3) is 11.8 Å². The minimum Gasteiger partial charge on any atom is -0.450 e. The van der Waals surface area contributed by atoms with Gasteiger partial charge in [0.05, 0.1) is 23.2 Å². The van der Waals surface area contributed by atoms with E-state index in [1.54, 1.807) is 72.8 Å². The second-order valence-electron chi connectivity index (χ2n) is 11.3. The Morgan fingerprint density at radius 3 is 2.49 bits per heavy atom. The molecule has 8 nitrogen and oxygen atoms in total. The average molecular weight is 665 g/mol. The van der Waals surface area contributed by atoms with Gasteiger partial charge in [-0.25, -0.2) is 8.78 Å². The molecule has 4 aromatic carbocycles. The molecule has 6 aromatic rings. The van der Waals surface area contributed by atoms with Crippen LogP contribution in [0.25, 0.3) is 11.0 Å². The Morgan fingerprint density at radius 1 is 0.915 bits per heavy atom. The summed E-state index contributed by atoms with van der Waals surface area (Å²) in [6.07, 6.45) is 0. The summed E-state index contributed by atoms with van der Waals surface area (Å²) in [6.45, 7) is 1.69. The average Bonchev–Trinajstić information content (AvgIpc) is 3.71. The number of benzene rings is 4. The van der Waals surface area contributed by atoms with Crippen LogP contribution in [-0.4, -0.2) is 22.0 Å². The fraction of sp³-hybridized carbons (Fsp3) is 0.114. The van der Waals surface area contributed by atoms with Crippen LogP contribution in [0.15, 0.2) is 105 Å². The lowest BCUT2D eigenvalue weighted by atomic mass is 9.84. The molecule has 47 heavy (non-hydrogen) atoms. The van der Waals surface area contributed by atoms with Crippen LogP contribution in [0.3, 0.4) is 0 Å². The topological polar surface area (TPSA) is 96.6 Å². The lowest BCUT2D eigenvalue weighted by Gasteiger charge is -2.32. The van der Waals surface area contributed by atoms with Crippen LogP contribution in [-0.2, 0) is 22.6 Å². The van der Waals surface area contributed by atoms with Crippen LogP contribution in [0.5, 0.6) is 0 Å². The van der Waals surface area contributed by atoms with Gasteiger partial charge in [-0.3, -0.25) is 19.3 Å². The fourth-order valence-electron chi connectivity index (χ4n) is 6.31. The Kier molecular flexibility index (Phi) is 6.81. The molecule has 8 rings (SSSR count). The molecule has 2 aliphatic heterocycles. The van der Waals surface area contributed by atoms with E-state index in [4.69, 9.17) is 4.42 Å². The first-order chi connectivity index (χ1) is 22.8. The predicted octanol–water partition coefficient (Wildman–Crippen LogP) is 6.97. The number of thioether (sulfide) groups is 1. The van der Waals surface area contributed by atoms with Gasteiger partial charge in [0.2, 0.25) is 10.9 Å². The van der Waals surface area contributed by atoms with Gasteiger partial charge in [-0.05, 0) is 48.9 Å². The van der Waals surface area contributed by atoms with Crippen LogP contribution in [0.1, 0.15) is 38.4 Å². The van der Waals surface area contributed by atoms with Gasteiger partial charge >= 0.3 is 0 Å². The minimum atomic E-state index is -1.99. The quantitative estimate of drug-likeness (QED) is 0.140. The Balaban J connectivity index is 1.32. The molecule has 2 amide bonds. The highest BCUT2D eigenvalue weighted by molar-refractivity contribution is 8.00. The van der Waals surface area contributed by atoms with Crippen LogP contribution in [0, 0.1) is 18.6 Å². The summed E-state index contributed by atoms with van der Waals surface area (Å²) in [6, 6.07) is 24.1. The number of carbonyl (C=O) groups is 2. The summed E-state index contributed by atoms with van der Waals surface area (Å²) >= 11 is 2.42. The van der Waals surface area contributed by atoms with Gasteiger partial charge in [-0.15, -0.1) is 10.2 Å². The molecule has 1 spiro atoms. The minimum absolute atomic E-state index is 0.0820. The zero-order valence-corrected chi connectivity index (χ0v) is 26.2. The number of carbonyl (C=O) groups excluding carboxylic acids is 2. The van der Waals surface area contributed by atoms with E-state index >= 15 is 4.79 Å². The largest absolute Gasteiger partial charge is 0.450 e. The smallest absolute Gasteiger partial charge is 0.297 e. The number of hydrogen-bond donors (Lipinski definition) is 0. The molecule has 12 heteroatoms. The summed E-state index contributed by atoms with van der Waals surface area (Å²) in [5.41, 5.74) is 0.275. The Bertz CT molecular complexity index is 2320. The maximum Gasteiger partial charge on any atom is 0.297 e. The number of aromatic nitrogens is 2. The molecule has 232 valence electrons. The number of fused-ring (bicyclic) bond motifs is 5. The molecule has 0 radical (unpaired) electrons. The molecular formula is C35H22F2N4O4S2. The van der Waals surface area contributed by atoms with Crippen LogP contribution in [0.2, 0.25) is 0 Å². The highest BCUT2D eigenvalue weighted by Crippen LogP contribution is 2.55. The first kappa shape index (κ1) is 29.2. The van der Waals surface area contributed by atoms with Crippen LogP contribution in [0.4, 0.5) is 19.6 Å². The highest BCUT2D eigenvalue weighted by Gasteiger charge is 2.66. The number of para-hydroxylation sites is 1. The standard InChI is InChI=1S/C35H22F2N4O4S2/c1-19-10-15-27-23(16-19)29(42)28-30(45-27)31(43)41(33-38-39-34(47-33)46-18-20-11-13-22(36)14-12-20)35(28)24-7-3-5-9-26(24)40(32(35)44)17-21-6-2-4-8-25(21)37/h2-16H,17-18H2,1H3. The maximum absolute atomic E-state index is 15.0. The number of aryl methyl sites for hydroxylation is 1. The molecule has 2 aromatic heterocycles. The first-order valence-corrected chi connectivity index (χ1v) is 16.4.